The zero-order valence-corrected chi connectivity index (χ0v) is 11.3. The van der Waals surface area contributed by atoms with Gasteiger partial charge in [0.2, 0.25) is 0 Å². The first-order valence-corrected chi connectivity index (χ1v) is 6.62. The third-order valence-electron chi connectivity index (χ3n) is 3.48. The fourth-order valence-electron chi connectivity index (χ4n) is 2.69. The maximum atomic E-state index is 4.69. The summed E-state index contributed by atoms with van der Waals surface area (Å²) in [5.41, 5.74) is 3.61. The molecule has 1 aliphatic rings. The highest BCUT2D eigenvalue weighted by Crippen LogP contribution is 2.36. The second-order valence-corrected chi connectivity index (χ2v) is 4.95. The van der Waals surface area contributed by atoms with Crippen LogP contribution >= 0.6 is 0 Å². The van der Waals surface area contributed by atoms with Crippen molar-refractivity contribution in [1.29, 1.82) is 0 Å². The molecule has 4 nitrogen and oxygen atoms in total. The SMILES string of the molecule is CNCc1cncc(N2c3ccccc3CC2C)n1. The Balaban J connectivity index is 2.00. The third kappa shape index (κ3) is 2.19. The van der Waals surface area contributed by atoms with Gasteiger partial charge in [0.1, 0.15) is 0 Å². The molecule has 1 aliphatic heterocycles. The first-order valence-electron chi connectivity index (χ1n) is 6.62. The van der Waals surface area contributed by atoms with E-state index >= 15 is 0 Å². The first-order chi connectivity index (χ1) is 9.29. The number of rotatable bonds is 3. The van der Waals surface area contributed by atoms with E-state index in [1.807, 2.05) is 19.4 Å². The van der Waals surface area contributed by atoms with Crippen molar-refractivity contribution in [3.05, 3.63) is 47.9 Å². The molecule has 4 heteroatoms. The van der Waals surface area contributed by atoms with E-state index in [-0.39, 0.29) is 0 Å². The summed E-state index contributed by atoms with van der Waals surface area (Å²) in [6.45, 7) is 2.97. The van der Waals surface area contributed by atoms with E-state index in [1.54, 1.807) is 0 Å². The Morgan fingerprint density at radius 1 is 1.32 bits per heavy atom. The van der Waals surface area contributed by atoms with Crippen molar-refractivity contribution in [2.24, 2.45) is 0 Å². The average Bonchev–Trinajstić information content (AvgIpc) is 2.75. The number of hydrogen-bond acceptors (Lipinski definition) is 4. The van der Waals surface area contributed by atoms with Crippen LogP contribution in [-0.2, 0) is 13.0 Å². The molecular formula is C15H18N4. The van der Waals surface area contributed by atoms with Crippen LogP contribution in [-0.4, -0.2) is 23.1 Å². The van der Waals surface area contributed by atoms with Crippen LogP contribution in [0.5, 0.6) is 0 Å². The highest BCUT2D eigenvalue weighted by molar-refractivity contribution is 5.68. The molecule has 0 saturated heterocycles. The van der Waals surface area contributed by atoms with Crippen LogP contribution in [0.4, 0.5) is 11.5 Å². The van der Waals surface area contributed by atoms with Gasteiger partial charge in [-0.1, -0.05) is 18.2 Å². The topological polar surface area (TPSA) is 41.1 Å². The van der Waals surface area contributed by atoms with Gasteiger partial charge in [-0.2, -0.15) is 0 Å². The Hall–Kier alpha value is -1.94. The zero-order valence-electron chi connectivity index (χ0n) is 11.3. The second-order valence-electron chi connectivity index (χ2n) is 4.95. The molecule has 1 aromatic carbocycles. The van der Waals surface area contributed by atoms with Crippen LogP contribution in [0.2, 0.25) is 0 Å². The molecule has 1 unspecified atom stereocenters. The van der Waals surface area contributed by atoms with E-state index in [0.29, 0.717) is 6.04 Å². The second kappa shape index (κ2) is 4.97. The van der Waals surface area contributed by atoms with Crippen LogP contribution in [0, 0.1) is 0 Å². The molecule has 1 aromatic heterocycles. The third-order valence-corrected chi connectivity index (χ3v) is 3.48. The highest BCUT2D eigenvalue weighted by atomic mass is 15.2. The lowest BCUT2D eigenvalue weighted by Crippen LogP contribution is -2.25. The first kappa shape index (κ1) is 12.1. The number of anilines is 2. The van der Waals surface area contributed by atoms with E-state index in [2.05, 4.69) is 46.4 Å². The quantitative estimate of drug-likeness (QED) is 0.912. The minimum atomic E-state index is 0.427. The van der Waals surface area contributed by atoms with Crippen LogP contribution in [0.25, 0.3) is 0 Å². The monoisotopic (exact) mass is 254 g/mol. The maximum Gasteiger partial charge on any atom is 0.152 e. The summed E-state index contributed by atoms with van der Waals surface area (Å²) in [5.74, 6) is 0.935. The maximum absolute atomic E-state index is 4.69. The highest BCUT2D eigenvalue weighted by Gasteiger charge is 2.27. The lowest BCUT2D eigenvalue weighted by atomic mass is 10.1. The van der Waals surface area contributed by atoms with E-state index in [9.17, 15) is 0 Å². The fraction of sp³-hybridized carbons (Fsp3) is 0.333. The molecule has 0 aliphatic carbocycles. The molecule has 0 spiro atoms. The predicted octanol–water partition coefficient (Wildman–Crippen LogP) is 2.28. The predicted molar refractivity (Wildman–Crippen MR) is 76.5 cm³/mol. The molecular weight excluding hydrogens is 236 g/mol. The molecule has 1 atom stereocenters. The largest absolute Gasteiger partial charge is 0.322 e. The van der Waals surface area contributed by atoms with Crippen LogP contribution in [0.1, 0.15) is 18.2 Å². The van der Waals surface area contributed by atoms with Gasteiger partial charge in [-0.25, -0.2) is 4.98 Å². The van der Waals surface area contributed by atoms with Crippen molar-refractivity contribution in [3.8, 4) is 0 Å². The van der Waals surface area contributed by atoms with E-state index in [0.717, 1.165) is 24.5 Å². The number of aromatic nitrogens is 2. The Morgan fingerprint density at radius 3 is 3.00 bits per heavy atom. The van der Waals surface area contributed by atoms with Gasteiger partial charge >= 0.3 is 0 Å². The molecule has 1 N–H and O–H groups in total. The number of hydrogen-bond donors (Lipinski definition) is 1. The smallest absolute Gasteiger partial charge is 0.152 e. The summed E-state index contributed by atoms with van der Waals surface area (Å²) < 4.78 is 0. The number of para-hydroxylation sites is 1. The number of benzene rings is 1. The average molecular weight is 254 g/mol. The van der Waals surface area contributed by atoms with Gasteiger partial charge in [0.25, 0.3) is 0 Å². The molecule has 19 heavy (non-hydrogen) atoms. The van der Waals surface area contributed by atoms with Crippen molar-refractivity contribution in [1.82, 2.24) is 15.3 Å². The van der Waals surface area contributed by atoms with Gasteiger partial charge in [-0.15, -0.1) is 0 Å². The van der Waals surface area contributed by atoms with Gasteiger partial charge in [-0.3, -0.25) is 4.98 Å². The summed E-state index contributed by atoms with van der Waals surface area (Å²) in [7, 11) is 1.92. The molecule has 0 bridgehead atoms. The minimum absolute atomic E-state index is 0.427. The van der Waals surface area contributed by atoms with E-state index < -0.39 is 0 Å². The lowest BCUT2D eigenvalue weighted by Gasteiger charge is -2.23. The zero-order chi connectivity index (χ0) is 13.2. The van der Waals surface area contributed by atoms with Crippen LogP contribution in [0.15, 0.2) is 36.7 Å². The summed E-state index contributed by atoms with van der Waals surface area (Å²) >= 11 is 0. The molecule has 2 heterocycles. The summed E-state index contributed by atoms with van der Waals surface area (Å²) in [6.07, 6.45) is 4.72. The Bertz CT molecular complexity index is 582. The van der Waals surface area contributed by atoms with Crippen LogP contribution < -0.4 is 10.2 Å². The van der Waals surface area contributed by atoms with Crippen molar-refractivity contribution in [3.63, 3.8) is 0 Å². The molecule has 98 valence electrons. The molecule has 0 fully saturated rings. The van der Waals surface area contributed by atoms with Crippen molar-refractivity contribution in [2.45, 2.75) is 25.9 Å². The summed E-state index contributed by atoms with van der Waals surface area (Å²) in [4.78, 5) is 11.3. The van der Waals surface area contributed by atoms with Gasteiger partial charge in [-0.05, 0) is 32.0 Å². The van der Waals surface area contributed by atoms with Crippen LogP contribution in [0.3, 0.4) is 0 Å². The Kier molecular flexibility index (Phi) is 3.17. The number of fused-ring (bicyclic) bond motifs is 1. The number of nitrogens with zero attached hydrogens (tertiary/aromatic N) is 3. The molecule has 0 saturated carbocycles. The standard InChI is InChI=1S/C15H18N4/c1-11-7-12-5-3-4-6-14(12)19(11)15-10-17-9-13(18-15)8-16-2/h3-6,9-11,16H,7-8H2,1-2H3. The van der Waals surface area contributed by atoms with E-state index in [1.165, 1.54) is 11.3 Å². The fourth-order valence-corrected chi connectivity index (χ4v) is 2.69. The summed E-state index contributed by atoms with van der Waals surface area (Å²) in [5, 5.41) is 3.11. The normalized spacial score (nSPS) is 17.6. The Labute approximate surface area is 113 Å². The molecule has 0 amide bonds. The molecule has 0 radical (unpaired) electrons. The minimum Gasteiger partial charge on any atom is -0.322 e. The molecule has 3 rings (SSSR count). The van der Waals surface area contributed by atoms with Crippen molar-refractivity contribution < 1.29 is 0 Å². The van der Waals surface area contributed by atoms with Crippen molar-refractivity contribution >= 4 is 11.5 Å². The molecule has 2 aromatic rings. The van der Waals surface area contributed by atoms with Gasteiger partial charge < -0.3 is 10.2 Å². The Morgan fingerprint density at radius 2 is 2.16 bits per heavy atom. The lowest BCUT2D eigenvalue weighted by molar-refractivity contribution is 0.735. The van der Waals surface area contributed by atoms with Gasteiger partial charge in [0.05, 0.1) is 11.9 Å². The van der Waals surface area contributed by atoms with E-state index in [4.69, 9.17) is 4.98 Å². The van der Waals surface area contributed by atoms with Gasteiger partial charge in [0, 0.05) is 24.5 Å². The van der Waals surface area contributed by atoms with Gasteiger partial charge in [0.15, 0.2) is 5.82 Å². The summed E-state index contributed by atoms with van der Waals surface area (Å²) in [6, 6.07) is 8.95. The van der Waals surface area contributed by atoms with Crippen molar-refractivity contribution in [2.75, 3.05) is 11.9 Å². The number of nitrogens with one attached hydrogen (secondary N) is 1.